The summed E-state index contributed by atoms with van der Waals surface area (Å²) < 4.78 is 10.5. The highest BCUT2D eigenvalue weighted by Gasteiger charge is 2.22. The van der Waals surface area contributed by atoms with Crippen molar-refractivity contribution in [2.45, 2.75) is 39.2 Å². The van der Waals surface area contributed by atoms with E-state index in [1.807, 2.05) is 25.3 Å². The van der Waals surface area contributed by atoms with Crippen molar-refractivity contribution in [1.82, 2.24) is 15.0 Å². The fourth-order valence-electron chi connectivity index (χ4n) is 4.37. The molecule has 0 amide bonds. The highest BCUT2D eigenvalue weighted by atomic mass is 16.7. The summed E-state index contributed by atoms with van der Waals surface area (Å²) in [6.07, 6.45) is 6.19. The van der Waals surface area contributed by atoms with Gasteiger partial charge in [0.2, 0.25) is 0 Å². The normalized spacial score (nSPS) is 15.2. The maximum Gasteiger partial charge on any atom is 0.257 e. The zero-order valence-corrected chi connectivity index (χ0v) is 20.4. The predicted octanol–water partition coefficient (Wildman–Crippen LogP) is 4.15. The van der Waals surface area contributed by atoms with E-state index in [1.165, 1.54) is 5.69 Å². The number of ether oxygens (including phenoxy) is 2. The molecule has 3 aromatic rings. The molecule has 35 heavy (non-hydrogen) atoms. The molecule has 0 spiro atoms. The Morgan fingerprint density at radius 2 is 1.89 bits per heavy atom. The lowest BCUT2D eigenvalue weighted by Crippen LogP contribution is -2.34. The van der Waals surface area contributed by atoms with Gasteiger partial charge in [-0.05, 0) is 56.4 Å². The molecule has 0 aliphatic carbocycles. The summed E-state index contributed by atoms with van der Waals surface area (Å²) in [5.74, 6) is 0.852. The van der Waals surface area contributed by atoms with Gasteiger partial charge in [0.15, 0.2) is 11.4 Å². The number of anilines is 1. The molecule has 4 rings (SSSR count). The highest BCUT2D eigenvalue weighted by molar-refractivity contribution is 5.76. The van der Waals surface area contributed by atoms with Crippen LogP contribution in [0.4, 0.5) is 5.69 Å². The molecule has 1 radical (unpaired) electrons. The summed E-state index contributed by atoms with van der Waals surface area (Å²) in [7, 11) is 1.61. The van der Waals surface area contributed by atoms with Crippen LogP contribution in [0, 0.1) is 12.8 Å². The summed E-state index contributed by atoms with van der Waals surface area (Å²) in [5, 5.41) is 9.84. The minimum atomic E-state index is -0.182. The fraction of sp³-hybridized carbons (Fsp3) is 0.407. The zero-order valence-electron chi connectivity index (χ0n) is 20.4. The van der Waals surface area contributed by atoms with Crippen molar-refractivity contribution >= 4 is 12.0 Å². The number of aromatic nitrogens is 3. The first-order chi connectivity index (χ1) is 17.0. The topological polar surface area (TPSA) is 97.7 Å². The third-order valence-electron chi connectivity index (χ3n) is 6.51. The lowest BCUT2D eigenvalue weighted by Gasteiger charge is -2.33. The number of benzene rings is 1. The number of carbonyl (C=O) groups excluding carboxylic acids is 1. The summed E-state index contributed by atoms with van der Waals surface area (Å²) in [6.45, 7) is 5.80. The average molecular weight is 476 g/mol. The van der Waals surface area contributed by atoms with E-state index < -0.39 is 0 Å². The van der Waals surface area contributed by atoms with Gasteiger partial charge < -0.3 is 19.5 Å². The zero-order chi connectivity index (χ0) is 24.8. The molecule has 1 aromatic carbocycles. The standard InChI is InChI=1S/C27H31N4O4/c1-18-27(33)25(16-32)30-26(29-18)14-20-10-12-31(13-11-20)23-7-4-21(5-8-23)24-9-6-22(15-28-24)19(2)35-17-34-3/h4-9,15,19-20,33H,10-14,17H2,1-3H3. The number of aromatic hydroxyl groups is 1. The Labute approximate surface area is 206 Å². The number of methoxy groups -OCH3 is 1. The Kier molecular flexibility index (Phi) is 8.05. The molecule has 183 valence electrons. The molecule has 1 fully saturated rings. The van der Waals surface area contributed by atoms with E-state index in [0.29, 0.717) is 23.9 Å². The van der Waals surface area contributed by atoms with Gasteiger partial charge in [-0.1, -0.05) is 18.2 Å². The first-order valence-electron chi connectivity index (χ1n) is 11.8. The van der Waals surface area contributed by atoms with Gasteiger partial charge in [0.1, 0.15) is 12.6 Å². The molecule has 3 heterocycles. The summed E-state index contributed by atoms with van der Waals surface area (Å²) in [4.78, 5) is 26.5. The molecule has 0 bridgehead atoms. The second-order valence-corrected chi connectivity index (χ2v) is 8.90. The number of hydrogen-bond acceptors (Lipinski definition) is 8. The van der Waals surface area contributed by atoms with Crippen LogP contribution in [0.1, 0.15) is 48.6 Å². The Bertz CT molecular complexity index is 1130. The van der Waals surface area contributed by atoms with E-state index in [2.05, 4.69) is 44.1 Å². The molecule has 8 nitrogen and oxygen atoms in total. The van der Waals surface area contributed by atoms with Gasteiger partial charge in [-0.15, -0.1) is 0 Å². The van der Waals surface area contributed by atoms with Gasteiger partial charge in [0.25, 0.3) is 6.29 Å². The smallest absolute Gasteiger partial charge is 0.257 e. The van der Waals surface area contributed by atoms with Crippen molar-refractivity contribution in [3.8, 4) is 17.0 Å². The molecular formula is C27H31N4O4. The Hall–Kier alpha value is -3.36. The van der Waals surface area contributed by atoms with Crippen LogP contribution in [0.5, 0.6) is 5.75 Å². The number of aryl methyl sites for hydroxylation is 1. The Morgan fingerprint density at radius 1 is 1.14 bits per heavy atom. The Morgan fingerprint density at radius 3 is 2.51 bits per heavy atom. The summed E-state index contributed by atoms with van der Waals surface area (Å²) in [6, 6.07) is 12.6. The van der Waals surface area contributed by atoms with Crippen LogP contribution in [0.3, 0.4) is 0 Å². The predicted molar refractivity (Wildman–Crippen MR) is 133 cm³/mol. The minimum absolute atomic E-state index is 0.0527. The molecule has 1 unspecified atom stereocenters. The van der Waals surface area contributed by atoms with Crippen LogP contribution < -0.4 is 4.90 Å². The van der Waals surface area contributed by atoms with Gasteiger partial charge in [0, 0.05) is 44.1 Å². The van der Waals surface area contributed by atoms with Gasteiger partial charge >= 0.3 is 0 Å². The van der Waals surface area contributed by atoms with Crippen LogP contribution in [-0.2, 0) is 20.7 Å². The monoisotopic (exact) mass is 475 g/mol. The van der Waals surface area contributed by atoms with Crippen LogP contribution in [-0.4, -0.2) is 53.3 Å². The third kappa shape index (κ3) is 6.01. The van der Waals surface area contributed by atoms with Crippen molar-refractivity contribution in [2.24, 2.45) is 5.92 Å². The van der Waals surface area contributed by atoms with Crippen LogP contribution in [0.25, 0.3) is 11.3 Å². The molecule has 0 saturated carbocycles. The highest BCUT2D eigenvalue weighted by Crippen LogP contribution is 2.28. The minimum Gasteiger partial charge on any atom is -0.504 e. The van der Waals surface area contributed by atoms with Gasteiger partial charge in [-0.2, -0.15) is 0 Å². The molecule has 1 aliphatic heterocycles. The molecule has 1 aliphatic rings. The first-order valence-corrected chi connectivity index (χ1v) is 11.8. The van der Waals surface area contributed by atoms with E-state index in [1.54, 1.807) is 20.3 Å². The van der Waals surface area contributed by atoms with E-state index in [0.717, 1.165) is 42.8 Å². The van der Waals surface area contributed by atoms with E-state index in [-0.39, 0.29) is 24.3 Å². The van der Waals surface area contributed by atoms with Crippen molar-refractivity contribution in [2.75, 3.05) is 31.9 Å². The SMILES string of the molecule is COCOC(C)c1ccc(-c2ccc(N3CCC(Cc4nc(C)c(O)c([C]=O)n4)CC3)cc2)nc1. The quantitative estimate of drug-likeness (QED) is 0.461. The molecule has 1 atom stereocenters. The molecule has 1 saturated heterocycles. The second-order valence-electron chi connectivity index (χ2n) is 8.90. The maximum absolute atomic E-state index is 11.0. The van der Waals surface area contributed by atoms with Crippen LogP contribution in [0.15, 0.2) is 42.6 Å². The number of nitrogens with zero attached hydrogens (tertiary/aromatic N) is 4. The van der Waals surface area contributed by atoms with Gasteiger partial charge in [-0.3, -0.25) is 9.78 Å². The number of pyridine rings is 1. The van der Waals surface area contributed by atoms with E-state index in [4.69, 9.17) is 9.47 Å². The van der Waals surface area contributed by atoms with Crippen molar-refractivity contribution in [3.05, 3.63) is 65.4 Å². The lowest BCUT2D eigenvalue weighted by molar-refractivity contribution is -0.0667. The number of hydrogen-bond donors (Lipinski definition) is 1. The van der Waals surface area contributed by atoms with Crippen molar-refractivity contribution < 1.29 is 19.4 Å². The van der Waals surface area contributed by atoms with Gasteiger partial charge in [0.05, 0.1) is 17.5 Å². The largest absolute Gasteiger partial charge is 0.504 e. The number of rotatable bonds is 9. The summed E-state index contributed by atoms with van der Waals surface area (Å²) >= 11 is 0. The second kappa shape index (κ2) is 11.4. The Balaban J connectivity index is 1.33. The lowest BCUT2D eigenvalue weighted by atomic mass is 9.92. The average Bonchev–Trinajstić information content (AvgIpc) is 2.90. The van der Waals surface area contributed by atoms with Gasteiger partial charge in [-0.25, -0.2) is 9.97 Å². The van der Waals surface area contributed by atoms with Crippen LogP contribution in [0.2, 0.25) is 0 Å². The molecule has 8 heteroatoms. The van der Waals surface area contributed by atoms with Crippen molar-refractivity contribution in [3.63, 3.8) is 0 Å². The maximum atomic E-state index is 11.0. The molecule has 2 aromatic heterocycles. The summed E-state index contributed by atoms with van der Waals surface area (Å²) in [5.41, 5.74) is 4.57. The first kappa shape index (κ1) is 24.8. The van der Waals surface area contributed by atoms with E-state index in [9.17, 15) is 9.90 Å². The number of piperidine rings is 1. The molecule has 1 N–H and O–H groups in total. The van der Waals surface area contributed by atoms with E-state index >= 15 is 0 Å². The molecular weight excluding hydrogens is 444 g/mol. The fourth-order valence-corrected chi connectivity index (χ4v) is 4.37. The van der Waals surface area contributed by atoms with Crippen LogP contribution >= 0.6 is 0 Å². The third-order valence-corrected chi connectivity index (χ3v) is 6.51. The van der Waals surface area contributed by atoms with Crippen molar-refractivity contribution in [1.29, 1.82) is 0 Å².